The lowest BCUT2D eigenvalue weighted by atomic mass is 10.6. The third-order valence-electron chi connectivity index (χ3n) is 1.90. The summed E-state index contributed by atoms with van der Waals surface area (Å²) in [5.41, 5.74) is 0. The summed E-state index contributed by atoms with van der Waals surface area (Å²) in [4.78, 5) is 11.6. The largest absolute Gasteiger partial charge is 0.384 e. The highest BCUT2D eigenvalue weighted by molar-refractivity contribution is 8.01. The Morgan fingerprint density at radius 3 is 3.11 bits per heavy atom. The van der Waals surface area contributed by atoms with Gasteiger partial charge in [-0.25, -0.2) is 4.79 Å². The molecule has 0 unspecified atom stereocenters. The van der Waals surface area contributed by atoms with E-state index in [4.69, 9.17) is 4.74 Å². The molecule has 9 heteroatoms. The van der Waals surface area contributed by atoms with Gasteiger partial charge in [-0.15, -0.1) is 21.5 Å². The van der Waals surface area contributed by atoms with Crippen molar-refractivity contribution in [2.75, 3.05) is 30.1 Å². The molecule has 0 aliphatic rings. The van der Waals surface area contributed by atoms with Gasteiger partial charge in [0.1, 0.15) is 0 Å². The lowest BCUT2D eigenvalue weighted by Gasteiger charge is -2.01. The second kappa shape index (κ2) is 7.43. The summed E-state index contributed by atoms with van der Waals surface area (Å²) in [6.07, 6.45) is 0. The van der Waals surface area contributed by atoms with Crippen LogP contribution in [0.5, 0.6) is 0 Å². The molecule has 0 spiro atoms. The van der Waals surface area contributed by atoms with Gasteiger partial charge in [-0.1, -0.05) is 23.1 Å². The molecule has 0 fully saturated rings. The van der Waals surface area contributed by atoms with Crippen molar-refractivity contribution in [3.63, 3.8) is 0 Å². The predicted octanol–water partition coefficient (Wildman–Crippen LogP) is 2.98. The molecule has 2 rings (SSSR count). The zero-order valence-electron chi connectivity index (χ0n) is 10.1. The monoisotopic (exact) mass is 316 g/mol. The first-order valence-electron chi connectivity index (χ1n) is 5.34. The van der Waals surface area contributed by atoms with E-state index in [-0.39, 0.29) is 6.03 Å². The van der Waals surface area contributed by atoms with Crippen LogP contribution in [-0.2, 0) is 4.74 Å². The SMILES string of the molecule is COCCSc1nnc(NC(=O)Nc2cccs2)s1. The number of hydrogen-bond donors (Lipinski definition) is 2. The predicted molar refractivity (Wildman–Crippen MR) is 79.5 cm³/mol. The molecule has 2 N–H and O–H groups in total. The Hall–Kier alpha value is -1.16. The molecule has 0 saturated carbocycles. The summed E-state index contributed by atoms with van der Waals surface area (Å²) in [5.74, 6) is 0.812. The summed E-state index contributed by atoms with van der Waals surface area (Å²) >= 11 is 4.35. The average molecular weight is 316 g/mol. The molecule has 0 atom stereocenters. The highest BCUT2D eigenvalue weighted by Crippen LogP contribution is 2.25. The number of methoxy groups -OCH3 is 1. The van der Waals surface area contributed by atoms with Crippen molar-refractivity contribution in [2.24, 2.45) is 0 Å². The van der Waals surface area contributed by atoms with Crippen molar-refractivity contribution < 1.29 is 9.53 Å². The third-order valence-corrected chi connectivity index (χ3v) is 4.62. The highest BCUT2D eigenvalue weighted by Gasteiger charge is 2.08. The van der Waals surface area contributed by atoms with Crippen molar-refractivity contribution in [3.8, 4) is 0 Å². The first-order valence-corrected chi connectivity index (χ1v) is 8.03. The minimum absolute atomic E-state index is 0.313. The number of aromatic nitrogens is 2. The molecular weight excluding hydrogens is 304 g/mol. The van der Waals surface area contributed by atoms with Crippen LogP contribution < -0.4 is 10.6 Å². The maximum absolute atomic E-state index is 11.6. The standard InChI is InChI=1S/C10H12N4O2S3/c1-16-4-6-18-10-14-13-9(19-10)12-8(15)11-7-3-2-5-17-7/h2-3,5H,4,6H2,1H3,(H2,11,12,13,15). The highest BCUT2D eigenvalue weighted by atomic mass is 32.2. The van der Waals surface area contributed by atoms with Crippen LogP contribution >= 0.6 is 34.4 Å². The quantitative estimate of drug-likeness (QED) is 0.487. The second-order valence-corrected chi connectivity index (χ2v) is 6.54. The van der Waals surface area contributed by atoms with Gasteiger partial charge in [-0.2, -0.15) is 0 Å². The molecule has 0 aliphatic heterocycles. The van der Waals surface area contributed by atoms with Gasteiger partial charge in [0.05, 0.1) is 11.6 Å². The number of nitrogens with zero attached hydrogens (tertiary/aromatic N) is 2. The summed E-state index contributed by atoms with van der Waals surface area (Å²) in [6, 6.07) is 3.39. The second-order valence-electron chi connectivity index (χ2n) is 3.27. The lowest BCUT2D eigenvalue weighted by Crippen LogP contribution is -2.18. The number of thiophene rings is 1. The first kappa shape index (κ1) is 14.3. The van der Waals surface area contributed by atoms with Crippen molar-refractivity contribution >= 4 is 50.6 Å². The van der Waals surface area contributed by atoms with Crippen LogP contribution in [0, 0.1) is 0 Å². The Morgan fingerprint density at radius 2 is 2.37 bits per heavy atom. The summed E-state index contributed by atoms with van der Waals surface area (Å²) in [5, 5.41) is 16.4. The summed E-state index contributed by atoms with van der Waals surface area (Å²) in [6.45, 7) is 0.659. The van der Waals surface area contributed by atoms with E-state index in [1.165, 1.54) is 22.7 Å². The van der Waals surface area contributed by atoms with Gasteiger partial charge in [0.15, 0.2) is 4.34 Å². The lowest BCUT2D eigenvalue weighted by molar-refractivity contribution is 0.218. The normalized spacial score (nSPS) is 10.4. The molecule has 2 heterocycles. The Labute approximate surface area is 122 Å². The Morgan fingerprint density at radius 1 is 1.47 bits per heavy atom. The van der Waals surface area contributed by atoms with E-state index in [9.17, 15) is 4.79 Å². The molecule has 2 amide bonds. The van der Waals surface area contributed by atoms with Gasteiger partial charge in [0.2, 0.25) is 5.13 Å². The number of hydrogen-bond acceptors (Lipinski definition) is 7. The van der Waals surface area contributed by atoms with Gasteiger partial charge in [0, 0.05) is 12.9 Å². The van der Waals surface area contributed by atoms with Gasteiger partial charge < -0.3 is 4.74 Å². The van der Waals surface area contributed by atoms with E-state index >= 15 is 0 Å². The number of urea groups is 1. The summed E-state index contributed by atoms with van der Waals surface area (Å²) < 4.78 is 5.76. The molecule has 2 aromatic heterocycles. The van der Waals surface area contributed by atoms with E-state index in [1.807, 2.05) is 17.5 Å². The van der Waals surface area contributed by atoms with Crippen molar-refractivity contribution in [2.45, 2.75) is 4.34 Å². The van der Waals surface area contributed by atoms with E-state index in [2.05, 4.69) is 20.8 Å². The van der Waals surface area contributed by atoms with E-state index < -0.39 is 0 Å². The number of nitrogens with one attached hydrogen (secondary N) is 2. The minimum Gasteiger partial charge on any atom is -0.384 e. The molecule has 2 aromatic rings. The van der Waals surface area contributed by atoms with E-state index in [0.29, 0.717) is 11.7 Å². The molecule has 6 nitrogen and oxygen atoms in total. The van der Waals surface area contributed by atoms with Crippen LogP contribution in [-0.4, -0.2) is 35.7 Å². The fourth-order valence-corrected chi connectivity index (χ4v) is 3.45. The number of carbonyl (C=O) groups is 1. The zero-order valence-corrected chi connectivity index (χ0v) is 12.5. The fourth-order valence-electron chi connectivity index (χ4n) is 1.12. The molecule has 102 valence electrons. The van der Waals surface area contributed by atoms with E-state index in [0.717, 1.165) is 15.1 Å². The summed E-state index contributed by atoms with van der Waals surface area (Å²) in [7, 11) is 1.66. The average Bonchev–Trinajstić information content (AvgIpc) is 3.02. The van der Waals surface area contributed by atoms with Crippen LogP contribution in [0.25, 0.3) is 0 Å². The topological polar surface area (TPSA) is 76.1 Å². The van der Waals surface area contributed by atoms with Gasteiger partial charge in [0.25, 0.3) is 0 Å². The number of anilines is 2. The maximum atomic E-state index is 11.6. The Bertz CT molecular complexity index is 515. The number of thioether (sulfide) groups is 1. The number of amides is 2. The zero-order chi connectivity index (χ0) is 13.5. The minimum atomic E-state index is -0.313. The molecule has 19 heavy (non-hydrogen) atoms. The van der Waals surface area contributed by atoms with Crippen LogP contribution in [0.2, 0.25) is 0 Å². The molecular formula is C10H12N4O2S3. The van der Waals surface area contributed by atoms with Crippen molar-refractivity contribution in [1.82, 2.24) is 10.2 Å². The van der Waals surface area contributed by atoms with Crippen molar-refractivity contribution in [1.29, 1.82) is 0 Å². The molecule has 0 radical (unpaired) electrons. The van der Waals surface area contributed by atoms with E-state index in [1.54, 1.807) is 18.9 Å². The maximum Gasteiger partial charge on any atom is 0.326 e. The molecule has 0 aromatic carbocycles. The molecule has 0 aliphatic carbocycles. The van der Waals surface area contributed by atoms with Crippen LogP contribution in [0.4, 0.5) is 14.9 Å². The van der Waals surface area contributed by atoms with Gasteiger partial charge in [-0.05, 0) is 17.5 Å². The van der Waals surface area contributed by atoms with Gasteiger partial charge in [-0.3, -0.25) is 10.6 Å². The van der Waals surface area contributed by atoms with Crippen LogP contribution in [0.15, 0.2) is 21.9 Å². The van der Waals surface area contributed by atoms with Gasteiger partial charge >= 0.3 is 6.03 Å². The molecule has 0 saturated heterocycles. The fraction of sp³-hybridized carbons (Fsp3) is 0.300. The van der Waals surface area contributed by atoms with Crippen LogP contribution in [0.1, 0.15) is 0 Å². The Kier molecular flexibility index (Phi) is 5.58. The Balaban J connectivity index is 1.80. The smallest absolute Gasteiger partial charge is 0.326 e. The first-order chi connectivity index (χ1) is 9.28. The molecule has 0 bridgehead atoms. The number of carbonyl (C=O) groups excluding carboxylic acids is 1. The van der Waals surface area contributed by atoms with Crippen LogP contribution in [0.3, 0.4) is 0 Å². The van der Waals surface area contributed by atoms with Crippen molar-refractivity contribution in [3.05, 3.63) is 17.5 Å². The third kappa shape index (κ3) is 4.78. The number of rotatable bonds is 6. The number of ether oxygens (including phenoxy) is 1.